The SMILES string of the molecule is O=C(NCCn1ncc2c(=O)n(Cc3ccc([N+](=O)[O-])cc3)cnc21)c1cccc(C(F)(F)F)c1. The van der Waals surface area contributed by atoms with Crippen molar-refractivity contribution in [2.45, 2.75) is 19.3 Å². The van der Waals surface area contributed by atoms with Crippen LogP contribution in [-0.4, -0.2) is 36.7 Å². The Balaban J connectivity index is 1.43. The van der Waals surface area contributed by atoms with E-state index < -0.39 is 22.6 Å². The lowest BCUT2D eigenvalue weighted by atomic mass is 10.1. The molecule has 2 heterocycles. The maximum Gasteiger partial charge on any atom is 0.416 e. The summed E-state index contributed by atoms with van der Waals surface area (Å²) < 4.78 is 41.3. The second-order valence-electron chi connectivity index (χ2n) is 7.54. The van der Waals surface area contributed by atoms with Crippen molar-refractivity contribution in [2.75, 3.05) is 6.54 Å². The monoisotopic (exact) mass is 486 g/mol. The molecule has 35 heavy (non-hydrogen) atoms. The predicted octanol–water partition coefficient (Wildman–Crippen LogP) is 3.00. The molecule has 0 radical (unpaired) electrons. The summed E-state index contributed by atoms with van der Waals surface area (Å²) in [4.78, 5) is 39.5. The normalized spacial score (nSPS) is 11.5. The lowest BCUT2D eigenvalue weighted by Crippen LogP contribution is -2.28. The molecule has 0 bridgehead atoms. The average molecular weight is 486 g/mol. The molecule has 13 heteroatoms. The lowest BCUT2D eigenvalue weighted by molar-refractivity contribution is -0.384. The summed E-state index contributed by atoms with van der Waals surface area (Å²) in [7, 11) is 0. The molecule has 0 aliphatic rings. The number of non-ortho nitro benzene ring substituents is 1. The van der Waals surface area contributed by atoms with Gasteiger partial charge in [-0.25, -0.2) is 9.67 Å². The minimum Gasteiger partial charge on any atom is -0.350 e. The fourth-order valence-corrected chi connectivity index (χ4v) is 3.41. The van der Waals surface area contributed by atoms with Crippen molar-refractivity contribution >= 4 is 22.6 Å². The van der Waals surface area contributed by atoms with Crippen molar-refractivity contribution in [1.82, 2.24) is 24.6 Å². The molecular formula is C22H17F3N6O4. The minimum atomic E-state index is -4.55. The van der Waals surface area contributed by atoms with Gasteiger partial charge in [-0.05, 0) is 23.8 Å². The van der Waals surface area contributed by atoms with Crippen molar-refractivity contribution in [3.63, 3.8) is 0 Å². The summed E-state index contributed by atoms with van der Waals surface area (Å²) in [5, 5.41) is 17.7. The van der Waals surface area contributed by atoms with Crippen molar-refractivity contribution in [1.29, 1.82) is 0 Å². The molecule has 0 atom stereocenters. The predicted molar refractivity (Wildman–Crippen MR) is 118 cm³/mol. The van der Waals surface area contributed by atoms with Crippen LogP contribution < -0.4 is 10.9 Å². The molecule has 0 fully saturated rings. The second kappa shape index (κ2) is 9.37. The number of carbonyl (C=O) groups is 1. The fourth-order valence-electron chi connectivity index (χ4n) is 3.41. The number of hydrogen-bond donors (Lipinski definition) is 1. The van der Waals surface area contributed by atoms with Gasteiger partial charge in [-0.15, -0.1) is 0 Å². The number of amides is 1. The Kier molecular flexibility index (Phi) is 6.32. The van der Waals surface area contributed by atoms with E-state index in [1.54, 1.807) is 12.1 Å². The molecule has 10 nitrogen and oxygen atoms in total. The number of aromatic nitrogens is 4. The third-order valence-electron chi connectivity index (χ3n) is 5.18. The Morgan fingerprint density at radius 1 is 1.14 bits per heavy atom. The van der Waals surface area contributed by atoms with Crippen LogP contribution in [0.4, 0.5) is 18.9 Å². The van der Waals surface area contributed by atoms with Gasteiger partial charge in [-0.1, -0.05) is 18.2 Å². The molecule has 0 aliphatic carbocycles. The summed E-state index contributed by atoms with van der Waals surface area (Å²) in [6.07, 6.45) is -1.89. The number of rotatable bonds is 7. The smallest absolute Gasteiger partial charge is 0.350 e. The molecule has 0 saturated carbocycles. The zero-order valence-electron chi connectivity index (χ0n) is 17.9. The van der Waals surface area contributed by atoms with E-state index in [-0.39, 0.29) is 47.5 Å². The van der Waals surface area contributed by atoms with Gasteiger partial charge in [0.15, 0.2) is 5.65 Å². The van der Waals surface area contributed by atoms with Crippen molar-refractivity contribution in [3.05, 3.63) is 98.2 Å². The van der Waals surface area contributed by atoms with Gasteiger partial charge in [0.2, 0.25) is 0 Å². The third kappa shape index (κ3) is 5.18. The van der Waals surface area contributed by atoms with Gasteiger partial charge in [0.05, 0.1) is 29.8 Å². The molecule has 0 saturated heterocycles. The van der Waals surface area contributed by atoms with E-state index in [0.29, 0.717) is 5.56 Å². The highest BCUT2D eigenvalue weighted by molar-refractivity contribution is 5.94. The first-order valence-electron chi connectivity index (χ1n) is 10.2. The molecule has 0 aliphatic heterocycles. The van der Waals surface area contributed by atoms with Crippen molar-refractivity contribution in [3.8, 4) is 0 Å². The number of halogens is 3. The molecule has 0 unspecified atom stereocenters. The minimum absolute atomic E-state index is 0.0411. The van der Waals surface area contributed by atoms with Crippen molar-refractivity contribution in [2.24, 2.45) is 0 Å². The molecule has 0 spiro atoms. The van der Waals surface area contributed by atoms with Crippen LogP contribution in [0.15, 0.2) is 65.8 Å². The molecule has 1 amide bonds. The Morgan fingerprint density at radius 3 is 2.57 bits per heavy atom. The van der Waals surface area contributed by atoms with E-state index in [0.717, 1.165) is 18.2 Å². The Morgan fingerprint density at radius 2 is 1.89 bits per heavy atom. The second-order valence-corrected chi connectivity index (χ2v) is 7.54. The van der Waals surface area contributed by atoms with Crippen LogP contribution in [0.25, 0.3) is 11.0 Å². The van der Waals surface area contributed by atoms with Crippen LogP contribution in [0.3, 0.4) is 0 Å². The van der Waals surface area contributed by atoms with E-state index in [1.165, 1.54) is 40.0 Å². The van der Waals surface area contributed by atoms with Gasteiger partial charge in [0, 0.05) is 24.2 Å². The molecule has 180 valence electrons. The summed E-state index contributed by atoms with van der Waals surface area (Å²) in [6.45, 7) is 0.324. The standard InChI is InChI=1S/C22H17F3N6O4/c23-22(24,25)16-3-1-2-15(10-16)20(32)26-8-9-30-19-18(11-28-30)21(33)29(13-27-19)12-14-4-6-17(7-5-14)31(34)35/h1-7,10-11,13H,8-9,12H2,(H,26,32). The first-order chi connectivity index (χ1) is 16.6. The largest absolute Gasteiger partial charge is 0.416 e. The van der Waals surface area contributed by atoms with Crippen LogP contribution in [0.2, 0.25) is 0 Å². The first kappa shape index (κ1) is 23.6. The number of benzene rings is 2. The van der Waals surface area contributed by atoms with E-state index in [1.807, 2.05) is 0 Å². The Labute approximate surface area is 194 Å². The summed E-state index contributed by atoms with van der Waals surface area (Å²) >= 11 is 0. The van der Waals surface area contributed by atoms with Gasteiger partial charge in [0.25, 0.3) is 17.2 Å². The zero-order chi connectivity index (χ0) is 25.2. The van der Waals surface area contributed by atoms with Gasteiger partial charge >= 0.3 is 6.18 Å². The highest BCUT2D eigenvalue weighted by Gasteiger charge is 2.30. The van der Waals surface area contributed by atoms with Crippen LogP contribution in [0, 0.1) is 10.1 Å². The van der Waals surface area contributed by atoms with E-state index in [9.17, 15) is 32.9 Å². The lowest BCUT2D eigenvalue weighted by Gasteiger charge is -2.10. The molecule has 4 aromatic rings. The number of nitro groups is 1. The van der Waals surface area contributed by atoms with Crippen molar-refractivity contribution < 1.29 is 22.9 Å². The Hall–Kier alpha value is -4.55. The number of nitro benzene ring substituents is 1. The molecule has 1 N–H and O–H groups in total. The van der Waals surface area contributed by atoms with Crippen LogP contribution >= 0.6 is 0 Å². The highest BCUT2D eigenvalue weighted by atomic mass is 19.4. The zero-order valence-corrected chi connectivity index (χ0v) is 17.9. The van der Waals surface area contributed by atoms with Crippen LogP contribution in [-0.2, 0) is 19.3 Å². The average Bonchev–Trinajstić information content (AvgIpc) is 3.24. The quantitative estimate of drug-likeness (QED) is 0.316. The van der Waals surface area contributed by atoms with Crippen LogP contribution in [0.5, 0.6) is 0 Å². The maximum absolute atomic E-state index is 12.8. The highest BCUT2D eigenvalue weighted by Crippen LogP contribution is 2.29. The number of nitrogens with one attached hydrogen (secondary N) is 1. The van der Waals surface area contributed by atoms with Gasteiger partial charge < -0.3 is 5.32 Å². The summed E-state index contributed by atoms with van der Waals surface area (Å²) in [5.41, 5.74) is -0.523. The number of carbonyl (C=O) groups excluding carboxylic acids is 1. The number of fused-ring (bicyclic) bond motifs is 1. The number of nitrogens with zero attached hydrogens (tertiary/aromatic N) is 5. The maximum atomic E-state index is 12.8. The number of hydrogen-bond acceptors (Lipinski definition) is 6. The molecule has 4 rings (SSSR count). The summed E-state index contributed by atoms with van der Waals surface area (Å²) in [5.74, 6) is -0.675. The van der Waals surface area contributed by atoms with E-state index in [2.05, 4.69) is 15.4 Å². The Bertz CT molecular complexity index is 1460. The molecule has 2 aromatic heterocycles. The molecular weight excluding hydrogens is 469 g/mol. The van der Waals surface area contributed by atoms with Crippen LogP contribution in [0.1, 0.15) is 21.5 Å². The van der Waals surface area contributed by atoms with Gasteiger partial charge in [-0.2, -0.15) is 18.3 Å². The number of alkyl halides is 3. The van der Waals surface area contributed by atoms with E-state index in [4.69, 9.17) is 0 Å². The fraction of sp³-hybridized carbons (Fsp3) is 0.182. The van der Waals surface area contributed by atoms with Gasteiger partial charge in [0.1, 0.15) is 11.7 Å². The van der Waals surface area contributed by atoms with Gasteiger partial charge in [-0.3, -0.25) is 24.3 Å². The third-order valence-corrected chi connectivity index (χ3v) is 5.18. The first-order valence-corrected chi connectivity index (χ1v) is 10.2. The topological polar surface area (TPSA) is 125 Å². The summed E-state index contributed by atoms with van der Waals surface area (Å²) in [6, 6.07) is 9.88. The molecule has 2 aromatic carbocycles. The van der Waals surface area contributed by atoms with E-state index >= 15 is 0 Å².